The summed E-state index contributed by atoms with van der Waals surface area (Å²) in [5.41, 5.74) is 1.68. The van der Waals surface area contributed by atoms with Crippen LogP contribution < -0.4 is 5.32 Å². The van der Waals surface area contributed by atoms with Gasteiger partial charge in [0, 0.05) is 30.6 Å². The molecular formula is C19H32F2N4. The molecule has 6 heteroatoms. The van der Waals surface area contributed by atoms with Gasteiger partial charge in [-0.3, -0.25) is 4.99 Å². The molecule has 2 rings (SSSR count). The number of aryl methyl sites for hydroxylation is 2. The molecule has 0 aromatic carbocycles. The van der Waals surface area contributed by atoms with Crippen molar-refractivity contribution in [3.05, 3.63) is 17.5 Å². The van der Waals surface area contributed by atoms with Gasteiger partial charge in [0.2, 0.25) is 5.92 Å². The molecule has 2 heterocycles. The second-order valence-corrected chi connectivity index (χ2v) is 7.58. The molecule has 0 aliphatic carbocycles. The average Bonchev–Trinajstić information content (AvgIpc) is 3.12. The van der Waals surface area contributed by atoms with Crippen LogP contribution in [0.2, 0.25) is 0 Å². The third-order valence-electron chi connectivity index (χ3n) is 4.53. The van der Waals surface area contributed by atoms with E-state index in [0.717, 1.165) is 44.3 Å². The van der Waals surface area contributed by atoms with Crippen LogP contribution in [0.5, 0.6) is 0 Å². The van der Waals surface area contributed by atoms with Crippen LogP contribution in [-0.2, 0) is 6.42 Å². The van der Waals surface area contributed by atoms with Crippen LogP contribution in [0.1, 0.15) is 70.7 Å². The molecule has 1 fully saturated rings. The summed E-state index contributed by atoms with van der Waals surface area (Å²) in [6, 6.07) is 2.72. The molecule has 0 saturated carbocycles. The number of hydrogen-bond donors (Lipinski definition) is 1. The molecule has 1 aromatic rings. The first kappa shape index (κ1) is 20.0. The molecule has 1 aliphatic heterocycles. The highest BCUT2D eigenvalue weighted by Gasteiger charge is 2.22. The van der Waals surface area contributed by atoms with E-state index in [1.807, 2.05) is 17.7 Å². The van der Waals surface area contributed by atoms with E-state index in [0.29, 0.717) is 11.7 Å². The minimum absolute atomic E-state index is 0.173. The van der Waals surface area contributed by atoms with E-state index in [1.165, 1.54) is 12.8 Å². The van der Waals surface area contributed by atoms with Crippen molar-refractivity contribution in [2.75, 3.05) is 6.54 Å². The van der Waals surface area contributed by atoms with Gasteiger partial charge in [-0.15, -0.1) is 0 Å². The number of nitrogens with one attached hydrogen (secondary N) is 1. The summed E-state index contributed by atoms with van der Waals surface area (Å²) >= 11 is 0. The standard InChI is InChI=1S/C19H32F2N4/c1-14(2)23-18(9-5-7-16-8-6-12-22-16)25-15(3)13-17(24-25)10-11-19(4,20)21/h13-14,16,22H,5-12H2,1-4H3. The molecule has 1 saturated heterocycles. The van der Waals surface area contributed by atoms with Crippen molar-refractivity contribution in [2.45, 2.75) is 90.6 Å². The molecule has 1 atom stereocenters. The van der Waals surface area contributed by atoms with Gasteiger partial charge in [0.15, 0.2) is 0 Å². The zero-order valence-electron chi connectivity index (χ0n) is 16.0. The van der Waals surface area contributed by atoms with Gasteiger partial charge in [0.25, 0.3) is 0 Å². The van der Waals surface area contributed by atoms with Crippen LogP contribution in [0.25, 0.3) is 0 Å². The Hall–Kier alpha value is -1.30. The van der Waals surface area contributed by atoms with Crippen LogP contribution in [0.3, 0.4) is 0 Å². The first-order valence-electron chi connectivity index (χ1n) is 9.48. The van der Waals surface area contributed by atoms with Crippen molar-refractivity contribution < 1.29 is 8.78 Å². The van der Waals surface area contributed by atoms with E-state index in [2.05, 4.69) is 24.3 Å². The lowest BCUT2D eigenvalue weighted by atomic mass is 10.1. The van der Waals surface area contributed by atoms with Crippen molar-refractivity contribution >= 4 is 5.84 Å². The number of halogens is 2. The fourth-order valence-electron chi connectivity index (χ4n) is 3.30. The maximum atomic E-state index is 13.1. The Labute approximate surface area is 150 Å². The molecule has 0 spiro atoms. The lowest BCUT2D eigenvalue weighted by molar-refractivity contribution is 0.0130. The van der Waals surface area contributed by atoms with Crippen LogP contribution in [0.4, 0.5) is 8.78 Å². The summed E-state index contributed by atoms with van der Waals surface area (Å²) in [5.74, 6) is -1.71. The molecule has 1 unspecified atom stereocenters. The molecule has 1 N–H and O–H groups in total. The van der Waals surface area contributed by atoms with Crippen LogP contribution in [0.15, 0.2) is 11.1 Å². The van der Waals surface area contributed by atoms with Crippen molar-refractivity contribution in [3.8, 4) is 0 Å². The van der Waals surface area contributed by atoms with Crippen molar-refractivity contribution in [1.29, 1.82) is 0 Å². The normalized spacial score (nSPS) is 19.2. The van der Waals surface area contributed by atoms with E-state index in [-0.39, 0.29) is 18.9 Å². The summed E-state index contributed by atoms with van der Waals surface area (Å²) < 4.78 is 28.0. The second kappa shape index (κ2) is 8.88. The van der Waals surface area contributed by atoms with E-state index < -0.39 is 5.92 Å². The highest BCUT2D eigenvalue weighted by atomic mass is 19.3. The molecule has 0 bridgehead atoms. The lowest BCUT2D eigenvalue weighted by Gasteiger charge is -2.13. The van der Waals surface area contributed by atoms with E-state index >= 15 is 0 Å². The molecule has 0 radical (unpaired) electrons. The summed E-state index contributed by atoms with van der Waals surface area (Å²) in [4.78, 5) is 4.74. The highest BCUT2D eigenvalue weighted by molar-refractivity contribution is 5.84. The number of nitrogens with zero attached hydrogens (tertiary/aromatic N) is 3. The van der Waals surface area contributed by atoms with Crippen LogP contribution >= 0.6 is 0 Å². The maximum absolute atomic E-state index is 13.1. The Kier molecular flexibility index (Phi) is 7.11. The third-order valence-corrected chi connectivity index (χ3v) is 4.53. The van der Waals surface area contributed by atoms with E-state index in [9.17, 15) is 8.78 Å². The van der Waals surface area contributed by atoms with Gasteiger partial charge < -0.3 is 5.32 Å². The predicted octanol–water partition coefficient (Wildman–Crippen LogP) is 4.36. The molecule has 1 aliphatic rings. The number of aromatic nitrogens is 2. The molecule has 142 valence electrons. The number of hydrogen-bond acceptors (Lipinski definition) is 3. The number of alkyl halides is 2. The van der Waals surface area contributed by atoms with Gasteiger partial charge in [0.05, 0.1) is 5.69 Å². The van der Waals surface area contributed by atoms with E-state index in [4.69, 9.17) is 4.99 Å². The molecule has 25 heavy (non-hydrogen) atoms. The minimum atomic E-state index is -2.65. The Bertz CT molecular complexity index is 566. The second-order valence-electron chi connectivity index (χ2n) is 7.58. The summed E-state index contributed by atoms with van der Waals surface area (Å²) in [6.07, 6.45) is 5.71. The zero-order valence-corrected chi connectivity index (χ0v) is 16.0. The van der Waals surface area contributed by atoms with Crippen LogP contribution in [0, 0.1) is 6.92 Å². The smallest absolute Gasteiger partial charge is 0.245 e. The van der Waals surface area contributed by atoms with Gasteiger partial charge >= 0.3 is 0 Å². The summed E-state index contributed by atoms with van der Waals surface area (Å²) in [5, 5.41) is 8.08. The van der Waals surface area contributed by atoms with Gasteiger partial charge in [-0.05, 0) is 72.4 Å². The van der Waals surface area contributed by atoms with Crippen molar-refractivity contribution in [1.82, 2.24) is 15.1 Å². The average molecular weight is 354 g/mol. The monoisotopic (exact) mass is 354 g/mol. The van der Waals surface area contributed by atoms with Gasteiger partial charge in [-0.1, -0.05) is 0 Å². The fraction of sp³-hybridized carbons (Fsp3) is 0.789. The summed E-state index contributed by atoms with van der Waals surface area (Å²) in [7, 11) is 0. The maximum Gasteiger partial charge on any atom is 0.245 e. The van der Waals surface area contributed by atoms with Gasteiger partial charge in [-0.25, -0.2) is 13.5 Å². The topological polar surface area (TPSA) is 42.2 Å². The minimum Gasteiger partial charge on any atom is -0.314 e. The molecule has 1 aromatic heterocycles. The predicted molar refractivity (Wildman–Crippen MR) is 98.8 cm³/mol. The largest absolute Gasteiger partial charge is 0.314 e. The zero-order chi connectivity index (χ0) is 18.4. The summed E-state index contributed by atoms with van der Waals surface area (Å²) in [6.45, 7) is 8.15. The van der Waals surface area contributed by atoms with Crippen molar-refractivity contribution in [3.63, 3.8) is 0 Å². The third kappa shape index (κ3) is 6.84. The van der Waals surface area contributed by atoms with Gasteiger partial charge in [-0.2, -0.15) is 5.10 Å². The Balaban J connectivity index is 2.02. The first-order chi connectivity index (χ1) is 11.7. The fourth-order valence-corrected chi connectivity index (χ4v) is 3.30. The quantitative estimate of drug-likeness (QED) is 0.557. The Morgan fingerprint density at radius 3 is 2.84 bits per heavy atom. The first-order valence-corrected chi connectivity index (χ1v) is 9.48. The van der Waals surface area contributed by atoms with Crippen molar-refractivity contribution in [2.24, 2.45) is 4.99 Å². The number of aliphatic imine (C=N–C) groups is 1. The van der Waals surface area contributed by atoms with Gasteiger partial charge in [0.1, 0.15) is 5.84 Å². The highest BCUT2D eigenvalue weighted by Crippen LogP contribution is 2.20. The molecule has 0 amide bonds. The Morgan fingerprint density at radius 2 is 2.24 bits per heavy atom. The SMILES string of the molecule is Cc1cc(CCC(C)(F)F)nn1C(CCCC1CCCN1)=NC(C)C. The molecule has 4 nitrogen and oxygen atoms in total. The Morgan fingerprint density at radius 1 is 1.48 bits per heavy atom. The molecular weight excluding hydrogens is 322 g/mol. The lowest BCUT2D eigenvalue weighted by Crippen LogP contribution is -2.22. The van der Waals surface area contributed by atoms with Crippen LogP contribution in [-0.4, -0.2) is 40.2 Å². The number of rotatable bonds is 8. The van der Waals surface area contributed by atoms with E-state index in [1.54, 1.807) is 0 Å².